The predicted octanol–water partition coefficient (Wildman–Crippen LogP) is 3.89. The summed E-state index contributed by atoms with van der Waals surface area (Å²) < 4.78 is 1.96. The van der Waals surface area contributed by atoms with Gasteiger partial charge in [-0.05, 0) is 51.3 Å². The molecule has 17 heavy (non-hydrogen) atoms. The molecule has 0 spiro atoms. The van der Waals surface area contributed by atoms with E-state index in [9.17, 15) is 4.79 Å². The van der Waals surface area contributed by atoms with Crippen molar-refractivity contribution in [3.8, 4) is 10.7 Å². The number of hydrogen-bond donors (Lipinski definition) is 1. The van der Waals surface area contributed by atoms with Crippen LogP contribution in [0.25, 0.3) is 10.7 Å². The number of aryl methyl sites for hydroxylation is 1. The Morgan fingerprint density at radius 1 is 1.47 bits per heavy atom. The van der Waals surface area contributed by atoms with E-state index in [-0.39, 0.29) is 5.56 Å². The highest BCUT2D eigenvalue weighted by Gasteiger charge is 2.11. The molecule has 0 aromatic carbocycles. The number of thiophene rings is 1. The van der Waals surface area contributed by atoms with Crippen molar-refractivity contribution in [2.45, 2.75) is 20.3 Å². The minimum absolute atomic E-state index is 0.0457. The van der Waals surface area contributed by atoms with Crippen LogP contribution in [0.3, 0.4) is 0 Å². The highest BCUT2D eigenvalue weighted by atomic mass is 79.9. The lowest BCUT2D eigenvalue weighted by atomic mass is 10.2. The van der Waals surface area contributed by atoms with Crippen LogP contribution in [0.1, 0.15) is 18.2 Å². The van der Waals surface area contributed by atoms with Crippen LogP contribution in [0.15, 0.2) is 19.1 Å². The molecule has 2 rings (SSSR count). The third-order valence-corrected chi connectivity index (χ3v) is 5.72. The molecule has 0 aliphatic carbocycles. The number of hydrogen-bond acceptors (Lipinski definition) is 3. The van der Waals surface area contributed by atoms with E-state index in [1.807, 2.05) is 19.9 Å². The Morgan fingerprint density at radius 2 is 2.18 bits per heavy atom. The van der Waals surface area contributed by atoms with Gasteiger partial charge in [0.05, 0.1) is 8.66 Å². The molecular formula is C11H10Br2N2OS. The first-order chi connectivity index (χ1) is 8.02. The Hall–Kier alpha value is -0.460. The van der Waals surface area contributed by atoms with Crippen LogP contribution < -0.4 is 5.56 Å². The first kappa shape index (κ1) is 13.0. The smallest absolute Gasteiger partial charge is 0.254 e. The maximum Gasteiger partial charge on any atom is 0.254 e. The molecule has 0 saturated carbocycles. The molecule has 0 radical (unpaired) electrons. The quantitative estimate of drug-likeness (QED) is 0.862. The summed E-state index contributed by atoms with van der Waals surface area (Å²) in [5, 5.41) is 0. The first-order valence-electron chi connectivity index (χ1n) is 5.08. The molecule has 2 aromatic heterocycles. The topological polar surface area (TPSA) is 45.8 Å². The van der Waals surface area contributed by atoms with E-state index in [1.54, 1.807) is 0 Å². The largest absolute Gasteiger partial charge is 0.306 e. The lowest BCUT2D eigenvalue weighted by Gasteiger charge is -2.03. The fraction of sp³-hybridized carbons (Fsp3) is 0.273. The Morgan fingerprint density at radius 3 is 2.65 bits per heavy atom. The van der Waals surface area contributed by atoms with Gasteiger partial charge in [-0.3, -0.25) is 4.79 Å². The Labute approximate surface area is 120 Å². The highest BCUT2D eigenvalue weighted by molar-refractivity contribution is 9.13. The van der Waals surface area contributed by atoms with Crippen molar-refractivity contribution in [1.29, 1.82) is 0 Å². The molecule has 3 nitrogen and oxygen atoms in total. The van der Waals surface area contributed by atoms with Gasteiger partial charge in [-0.15, -0.1) is 11.3 Å². The summed E-state index contributed by atoms with van der Waals surface area (Å²) in [6.07, 6.45) is 0.701. The zero-order valence-electron chi connectivity index (χ0n) is 9.30. The molecule has 0 aliphatic heterocycles. The van der Waals surface area contributed by atoms with Crippen molar-refractivity contribution >= 4 is 43.2 Å². The van der Waals surface area contributed by atoms with E-state index in [0.29, 0.717) is 12.2 Å². The number of nitrogens with one attached hydrogen (secondary N) is 1. The molecule has 0 aliphatic rings. The average Bonchev–Trinajstić information content (AvgIpc) is 2.59. The number of nitrogens with zero attached hydrogens (tertiary/aromatic N) is 1. The molecule has 0 unspecified atom stereocenters. The lowest BCUT2D eigenvalue weighted by Crippen LogP contribution is -2.16. The zero-order valence-corrected chi connectivity index (χ0v) is 13.3. The minimum atomic E-state index is -0.0457. The van der Waals surface area contributed by atoms with Crippen molar-refractivity contribution in [3.63, 3.8) is 0 Å². The molecule has 0 amide bonds. The van der Waals surface area contributed by atoms with Gasteiger partial charge < -0.3 is 4.98 Å². The molecule has 6 heteroatoms. The van der Waals surface area contributed by atoms with E-state index in [0.717, 1.165) is 24.4 Å². The number of halogens is 2. The number of aromatic amines is 1. The standard InChI is InChI=1S/C11H10Br2N2OS/c1-3-6-5(2)14-10(15-11(6)16)8-4-7(12)9(13)17-8/h4H,3H2,1-2H3,(H,14,15,16). The van der Waals surface area contributed by atoms with E-state index >= 15 is 0 Å². The molecule has 1 N–H and O–H groups in total. The third kappa shape index (κ3) is 2.53. The van der Waals surface area contributed by atoms with E-state index in [4.69, 9.17) is 0 Å². The van der Waals surface area contributed by atoms with E-state index < -0.39 is 0 Å². The van der Waals surface area contributed by atoms with Crippen LogP contribution in [-0.4, -0.2) is 9.97 Å². The third-order valence-electron chi connectivity index (χ3n) is 2.45. The second-order valence-corrected chi connectivity index (χ2v) is 6.79. The summed E-state index contributed by atoms with van der Waals surface area (Å²) in [7, 11) is 0. The summed E-state index contributed by atoms with van der Waals surface area (Å²) in [6.45, 7) is 3.83. The summed E-state index contributed by atoms with van der Waals surface area (Å²) >= 11 is 8.39. The van der Waals surface area contributed by atoms with Gasteiger partial charge in [0.25, 0.3) is 5.56 Å². The summed E-state index contributed by atoms with van der Waals surface area (Å²) in [5.74, 6) is 0.626. The summed E-state index contributed by atoms with van der Waals surface area (Å²) in [5.41, 5.74) is 1.51. The van der Waals surface area contributed by atoms with Gasteiger partial charge in [0.2, 0.25) is 0 Å². The number of H-pyrrole nitrogens is 1. The molecule has 0 atom stereocenters. The van der Waals surface area contributed by atoms with Crippen molar-refractivity contribution in [3.05, 3.63) is 35.9 Å². The van der Waals surface area contributed by atoms with Gasteiger partial charge in [-0.25, -0.2) is 4.98 Å². The molecule has 2 heterocycles. The fourth-order valence-corrected chi connectivity index (χ4v) is 3.59. The van der Waals surface area contributed by atoms with Crippen LogP contribution in [0.2, 0.25) is 0 Å². The van der Waals surface area contributed by atoms with Gasteiger partial charge in [0, 0.05) is 15.7 Å². The van der Waals surface area contributed by atoms with Gasteiger partial charge in [-0.1, -0.05) is 6.92 Å². The van der Waals surface area contributed by atoms with Crippen LogP contribution in [0.4, 0.5) is 0 Å². The predicted molar refractivity (Wildman–Crippen MR) is 77.7 cm³/mol. The Balaban J connectivity index is 2.58. The van der Waals surface area contributed by atoms with Crippen molar-refractivity contribution in [2.24, 2.45) is 0 Å². The summed E-state index contributed by atoms with van der Waals surface area (Å²) in [4.78, 5) is 20.0. The Kier molecular flexibility index (Phi) is 3.85. The van der Waals surface area contributed by atoms with Crippen LogP contribution in [-0.2, 0) is 6.42 Å². The molecular weight excluding hydrogens is 368 g/mol. The average molecular weight is 378 g/mol. The van der Waals surface area contributed by atoms with E-state index in [2.05, 4.69) is 41.8 Å². The summed E-state index contributed by atoms with van der Waals surface area (Å²) in [6, 6.07) is 1.94. The van der Waals surface area contributed by atoms with Crippen LogP contribution >= 0.6 is 43.2 Å². The minimum Gasteiger partial charge on any atom is -0.306 e. The molecule has 2 aromatic rings. The highest BCUT2D eigenvalue weighted by Crippen LogP contribution is 2.36. The van der Waals surface area contributed by atoms with Gasteiger partial charge in [-0.2, -0.15) is 0 Å². The van der Waals surface area contributed by atoms with Gasteiger partial charge >= 0.3 is 0 Å². The fourth-order valence-electron chi connectivity index (χ4n) is 1.61. The SMILES string of the molecule is CCc1c(C)nc(-c2cc(Br)c(Br)s2)[nH]c1=O. The zero-order chi connectivity index (χ0) is 12.6. The van der Waals surface area contributed by atoms with Crippen molar-refractivity contribution in [1.82, 2.24) is 9.97 Å². The normalized spacial score (nSPS) is 10.8. The van der Waals surface area contributed by atoms with Gasteiger partial charge in [0.1, 0.15) is 0 Å². The second-order valence-electron chi connectivity index (χ2n) is 3.56. The molecule has 0 bridgehead atoms. The van der Waals surface area contributed by atoms with Crippen molar-refractivity contribution < 1.29 is 0 Å². The van der Waals surface area contributed by atoms with Crippen molar-refractivity contribution in [2.75, 3.05) is 0 Å². The first-order valence-corrected chi connectivity index (χ1v) is 7.48. The van der Waals surface area contributed by atoms with E-state index in [1.165, 1.54) is 11.3 Å². The lowest BCUT2D eigenvalue weighted by molar-refractivity contribution is 0.970. The molecule has 0 saturated heterocycles. The maximum absolute atomic E-state index is 11.8. The number of rotatable bonds is 2. The Bertz CT molecular complexity index is 599. The van der Waals surface area contributed by atoms with Gasteiger partial charge in [0.15, 0.2) is 5.82 Å². The molecule has 0 fully saturated rings. The maximum atomic E-state index is 11.8. The number of aromatic nitrogens is 2. The second kappa shape index (κ2) is 5.04. The monoisotopic (exact) mass is 376 g/mol. The van der Waals surface area contributed by atoms with Crippen LogP contribution in [0, 0.1) is 6.92 Å². The molecule has 90 valence electrons. The van der Waals surface area contributed by atoms with Crippen LogP contribution in [0.5, 0.6) is 0 Å².